The van der Waals surface area contributed by atoms with Crippen molar-refractivity contribution in [2.45, 2.75) is 37.8 Å². The summed E-state index contributed by atoms with van der Waals surface area (Å²) in [4.78, 5) is 13.7. The second kappa shape index (κ2) is 5.88. The predicted molar refractivity (Wildman–Crippen MR) is 78.5 cm³/mol. The molecule has 0 spiro atoms. The smallest absolute Gasteiger partial charge is 0.410 e. The molecule has 23 heavy (non-hydrogen) atoms. The maximum atomic E-state index is 12.6. The number of benzene rings is 1. The average Bonchev–Trinajstić information content (AvgIpc) is 3.12. The highest BCUT2D eigenvalue weighted by molar-refractivity contribution is 5.70. The van der Waals surface area contributed by atoms with E-state index in [-0.39, 0.29) is 13.0 Å². The van der Waals surface area contributed by atoms with E-state index in [1.807, 2.05) is 18.2 Å². The Bertz CT molecular complexity index is 630. The van der Waals surface area contributed by atoms with Crippen molar-refractivity contribution < 1.29 is 22.7 Å². The van der Waals surface area contributed by atoms with Gasteiger partial charge in [0.1, 0.15) is 12.1 Å². The van der Waals surface area contributed by atoms with Gasteiger partial charge in [0.25, 0.3) is 0 Å². The molecule has 1 unspecified atom stereocenters. The van der Waals surface area contributed by atoms with Crippen molar-refractivity contribution in [2.75, 3.05) is 6.54 Å². The number of carbonyl (C=O) groups excluding carboxylic acids is 1. The molecule has 0 aliphatic carbocycles. The normalized spacial score (nSPS) is 23.7. The first kappa shape index (κ1) is 15.9. The van der Waals surface area contributed by atoms with E-state index in [9.17, 15) is 18.0 Å². The Morgan fingerprint density at radius 1 is 1.39 bits per heavy atom. The number of halogens is 3. The molecule has 4 nitrogen and oxygen atoms in total. The van der Waals surface area contributed by atoms with Crippen molar-refractivity contribution in [2.24, 2.45) is 0 Å². The van der Waals surface area contributed by atoms with Crippen LogP contribution in [0.25, 0.3) is 6.08 Å². The van der Waals surface area contributed by atoms with Gasteiger partial charge in [0.05, 0.1) is 6.54 Å². The summed E-state index contributed by atoms with van der Waals surface area (Å²) in [5.41, 5.74) is 2.98. The first-order valence-electron chi connectivity index (χ1n) is 7.37. The molecule has 2 aliphatic rings. The van der Waals surface area contributed by atoms with E-state index in [0.29, 0.717) is 13.1 Å². The van der Waals surface area contributed by atoms with Crippen molar-refractivity contribution in [3.05, 3.63) is 41.5 Å². The van der Waals surface area contributed by atoms with E-state index < -0.39 is 24.4 Å². The van der Waals surface area contributed by atoms with Crippen LogP contribution < -0.4 is 5.32 Å². The third-order valence-corrected chi connectivity index (χ3v) is 4.25. The molecule has 1 amide bonds. The highest BCUT2D eigenvalue weighted by Crippen LogP contribution is 2.30. The van der Waals surface area contributed by atoms with Crippen LogP contribution in [0, 0.1) is 0 Å². The lowest BCUT2D eigenvalue weighted by Crippen LogP contribution is -2.36. The van der Waals surface area contributed by atoms with Crippen LogP contribution in [-0.4, -0.2) is 35.9 Å². The van der Waals surface area contributed by atoms with E-state index in [1.54, 1.807) is 6.08 Å². The number of carbonyl (C=O) groups is 1. The number of hydrogen-bond donors (Lipinski definition) is 1. The SMILES string of the molecule is C=Cc1cccc2c1CN(C(=O)O[C@H]1CNC(C(F)(F)F)C1)C2. The van der Waals surface area contributed by atoms with Gasteiger partial charge in [0.2, 0.25) is 0 Å². The number of nitrogens with zero attached hydrogens (tertiary/aromatic N) is 1. The van der Waals surface area contributed by atoms with E-state index in [1.165, 1.54) is 4.90 Å². The highest BCUT2D eigenvalue weighted by atomic mass is 19.4. The number of amides is 1. The summed E-state index contributed by atoms with van der Waals surface area (Å²) in [5, 5.41) is 2.34. The first-order chi connectivity index (χ1) is 10.9. The fourth-order valence-electron chi connectivity index (χ4n) is 3.03. The molecule has 1 N–H and O–H groups in total. The molecule has 1 aromatic carbocycles. The Hall–Kier alpha value is -2.02. The molecular formula is C16H17F3N2O2. The van der Waals surface area contributed by atoms with E-state index >= 15 is 0 Å². The van der Waals surface area contributed by atoms with Crippen molar-refractivity contribution >= 4 is 12.2 Å². The fraction of sp³-hybridized carbons (Fsp3) is 0.438. The van der Waals surface area contributed by atoms with Gasteiger partial charge >= 0.3 is 12.3 Å². The molecule has 2 heterocycles. The van der Waals surface area contributed by atoms with Crippen LogP contribution >= 0.6 is 0 Å². The lowest BCUT2D eigenvalue weighted by molar-refractivity contribution is -0.153. The van der Waals surface area contributed by atoms with Gasteiger partial charge < -0.3 is 10.1 Å². The van der Waals surface area contributed by atoms with E-state index in [4.69, 9.17) is 4.74 Å². The Morgan fingerprint density at radius 3 is 2.83 bits per heavy atom. The van der Waals surface area contributed by atoms with E-state index in [0.717, 1.165) is 16.7 Å². The Labute approximate surface area is 131 Å². The minimum atomic E-state index is -4.32. The van der Waals surface area contributed by atoms with Gasteiger partial charge in [-0.25, -0.2) is 4.79 Å². The molecule has 0 bridgehead atoms. The van der Waals surface area contributed by atoms with Crippen LogP contribution in [0.3, 0.4) is 0 Å². The first-order valence-corrected chi connectivity index (χ1v) is 7.37. The quantitative estimate of drug-likeness (QED) is 0.908. The van der Waals surface area contributed by atoms with Crippen LogP contribution in [0.2, 0.25) is 0 Å². The summed E-state index contributed by atoms with van der Waals surface area (Å²) >= 11 is 0. The molecule has 0 saturated carbocycles. The van der Waals surface area contributed by atoms with Crippen LogP contribution in [-0.2, 0) is 17.8 Å². The molecule has 7 heteroatoms. The zero-order valence-corrected chi connectivity index (χ0v) is 12.4. The van der Waals surface area contributed by atoms with E-state index in [2.05, 4.69) is 11.9 Å². The summed E-state index contributed by atoms with van der Waals surface area (Å²) in [5.74, 6) is 0. The Kier molecular flexibility index (Phi) is 4.06. The summed E-state index contributed by atoms with van der Waals surface area (Å²) in [6.07, 6.45) is -4.16. The van der Waals surface area contributed by atoms with Gasteiger partial charge in [0, 0.05) is 19.5 Å². The van der Waals surface area contributed by atoms with Gasteiger partial charge in [-0.3, -0.25) is 4.90 Å². The summed E-state index contributed by atoms with van der Waals surface area (Å²) in [6.45, 7) is 4.56. The zero-order valence-electron chi connectivity index (χ0n) is 12.4. The molecule has 2 atom stereocenters. The summed E-state index contributed by atoms with van der Waals surface area (Å²) in [7, 11) is 0. The molecular weight excluding hydrogens is 309 g/mol. The topological polar surface area (TPSA) is 41.6 Å². The number of hydrogen-bond acceptors (Lipinski definition) is 3. The molecule has 3 rings (SSSR count). The van der Waals surface area contributed by atoms with Crippen LogP contribution in [0.15, 0.2) is 24.8 Å². The number of fused-ring (bicyclic) bond motifs is 1. The standard InChI is InChI=1S/C16H17F3N2O2/c1-2-10-4-3-5-11-8-21(9-13(10)11)15(22)23-12-6-14(20-7-12)16(17,18)19/h2-5,12,14,20H,1,6-9H2/t12-,14?/m1/s1. The largest absolute Gasteiger partial charge is 0.445 e. The second-order valence-electron chi connectivity index (χ2n) is 5.79. The van der Waals surface area contributed by atoms with Crippen molar-refractivity contribution in [3.8, 4) is 0 Å². The van der Waals surface area contributed by atoms with Crippen LogP contribution in [0.4, 0.5) is 18.0 Å². The average molecular weight is 326 g/mol. The van der Waals surface area contributed by atoms with Gasteiger partial charge in [-0.15, -0.1) is 0 Å². The number of alkyl halides is 3. The molecule has 124 valence electrons. The molecule has 0 radical (unpaired) electrons. The predicted octanol–water partition coefficient (Wildman–Crippen LogP) is 3.07. The number of rotatable bonds is 2. The second-order valence-corrected chi connectivity index (χ2v) is 5.79. The minimum Gasteiger partial charge on any atom is -0.445 e. The third-order valence-electron chi connectivity index (χ3n) is 4.25. The monoisotopic (exact) mass is 326 g/mol. The van der Waals surface area contributed by atoms with Crippen LogP contribution in [0.1, 0.15) is 23.1 Å². The fourth-order valence-corrected chi connectivity index (χ4v) is 3.03. The lowest BCUT2D eigenvalue weighted by atomic mass is 10.0. The van der Waals surface area contributed by atoms with Gasteiger partial charge in [-0.2, -0.15) is 13.2 Å². The number of nitrogens with one attached hydrogen (secondary N) is 1. The van der Waals surface area contributed by atoms with Gasteiger partial charge in [0.15, 0.2) is 0 Å². The van der Waals surface area contributed by atoms with Gasteiger partial charge in [-0.1, -0.05) is 30.9 Å². The molecule has 2 aliphatic heterocycles. The van der Waals surface area contributed by atoms with Gasteiger partial charge in [-0.05, 0) is 16.7 Å². The number of ether oxygens (including phenoxy) is 1. The summed E-state index contributed by atoms with van der Waals surface area (Å²) < 4.78 is 43.1. The van der Waals surface area contributed by atoms with Crippen LogP contribution in [0.5, 0.6) is 0 Å². The molecule has 1 aromatic rings. The minimum absolute atomic E-state index is 0.0224. The summed E-state index contributed by atoms with van der Waals surface area (Å²) in [6, 6.07) is 4.12. The maximum absolute atomic E-state index is 12.6. The third kappa shape index (κ3) is 3.19. The highest BCUT2D eigenvalue weighted by Gasteiger charge is 2.45. The molecule has 1 fully saturated rings. The Morgan fingerprint density at radius 2 is 2.17 bits per heavy atom. The molecule has 0 aromatic heterocycles. The van der Waals surface area contributed by atoms with Crippen molar-refractivity contribution in [1.29, 1.82) is 0 Å². The molecule has 1 saturated heterocycles. The lowest BCUT2D eigenvalue weighted by Gasteiger charge is -2.19. The maximum Gasteiger partial charge on any atom is 0.410 e. The van der Waals surface area contributed by atoms with Crippen molar-refractivity contribution in [3.63, 3.8) is 0 Å². The van der Waals surface area contributed by atoms with Crippen molar-refractivity contribution in [1.82, 2.24) is 10.2 Å². The Balaban J connectivity index is 1.60. The zero-order chi connectivity index (χ0) is 16.6.